The Labute approximate surface area is 143 Å². The number of aromatic nitrogens is 2. The molecule has 1 aliphatic heterocycles. The molecule has 0 unspecified atom stereocenters. The summed E-state index contributed by atoms with van der Waals surface area (Å²) in [5, 5.41) is 4.50. The molecule has 1 atom stereocenters. The van der Waals surface area contributed by atoms with E-state index in [2.05, 4.69) is 24.2 Å². The summed E-state index contributed by atoms with van der Waals surface area (Å²) in [5.41, 5.74) is 4.41. The number of benzene rings is 1. The van der Waals surface area contributed by atoms with E-state index in [0.29, 0.717) is 26.2 Å². The van der Waals surface area contributed by atoms with Crippen LogP contribution in [0.2, 0.25) is 0 Å². The summed E-state index contributed by atoms with van der Waals surface area (Å²) in [6.45, 7) is 5.85. The molecule has 0 radical (unpaired) electrons. The maximum Gasteiger partial charge on any atom is 0.223 e. The second kappa shape index (κ2) is 7.18. The van der Waals surface area contributed by atoms with Gasteiger partial charge in [-0.1, -0.05) is 30.3 Å². The number of carbonyl (C=O) groups is 1. The summed E-state index contributed by atoms with van der Waals surface area (Å²) in [4.78, 5) is 14.8. The van der Waals surface area contributed by atoms with Crippen LogP contribution in [-0.4, -0.2) is 40.3 Å². The second-order valence-corrected chi connectivity index (χ2v) is 6.37. The van der Waals surface area contributed by atoms with Gasteiger partial charge in [0.2, 0.25) is 5.91 Å². The zero-order chi connectivity index (χ0) is 17.1. The number of hydrogen-bond donors (Lipinski definition) is 0. The highest BCUT2D eigenvalue weighted by Crippen LogP contribution is 2.29. The molecule has 1 fully saturated rings. The molecule has 1 amide bonds. The normalized spacial score (nSPS) is 18.0. The van der Waals surface area contributed by atoms with E-state index in [-0.39, 0.29) is 11.9 Å². The third kappa shape index (κ3) is 3.36. The van der Waals surface area contributed by atoms with Gasteiger partial charge in [0.1, 0.15) is 0 Å². The van der Waals surface area contributed by atoms with E-state index in [0.717, 1.165) is 23.4 Å². The van der Waals surface area contributed by atoms with Gasteiger partial charge in [-0.25, -0.2) is 0 Å². The van der Waals surface area contributed by atoms with Gasteiger partial charge in [-0.3, -0.25) is 9.48 Å². The Kier molecular flexibility index (Phi) is 5.00. The molecule has 0 aliphatic carbocycles. The fraction of sp³-hybridized carbons (Fsp3) is 0.474. The Balaban J connectivity index is 1.75. The van der Waals surface area contributed by atoms with Gasteiger partial charge in [0.25, 0.3) is 0 Å². The van der Waals surface area contributed by atoms with Crippen LogP contribution in [0, 0.1) is 13.8 Å². The highest BCUT2D eigenvalue weighted by Gasteiger charge is 2.32. The molecule has 1 aromatic heterocycles. The van der Waals surface area contributed by atoms with Crippen LogP contribution in [-0.2, 0) is 23.0 Å². The second-order valence-electron chi connectivity index (χ2n) is 6.37. The van der Waals surface area contributed by atoms with Crippen molar-refractivity contribution in [3.8, 4) is 0 Å². The maximum atomic E-state index is 12.8. The fourth-order valence-electron chi connectivity index (χ4n) is 3.45. The molecule has 1 aromatic carbocycles. The number of nitrogens with zero attached hydrogens (tertiary/aromatic N) is 3. The Morgan fingerprint density at radius 2 is 2.04 bits per heavy atom. The third-order valence-electron chi connectivity index (χ3n) is 4.82. The first kappa shape index (κ1) is 16.7. The average molecular weight is 327 g/mol. The summed E-state index contributed by atoms with van der Waals surface area (Å²) in [6, 6.07) is 10.1. The Morgan fingerprint density at radius 3 is 2.71 bits per heavy atom. The first-order valence-corrected chi connectivity index (χ1v) is 8.49. The topological polar surface area (TPSA) is 47.4 Å². The highest BCUT2D eigenvalue weighted by atomic mass is 16.5. The zero-order valence-electron chi connectivity index (χ0n) is 14.7. The quantitative estimate of drug-likeness (QED) is 0.867. The molecule has 1 saturated heterocycles. The van der Waals surface area contributed by atoms with Gasteiger partial charge in [0.15, 0.2) is 0 Å². The van der Waals surface area contributed by atoms with Gasteiger partial charge >= 0.3 is 0 Å². The van der Waals surface area contributed by atoms with Gasteiger partial charge < -0.3 is 9.64 Å². The van der Waals surface area contributed by atoms with E-state index >= 15 is 0 Å². The molecule has 0 bridgehead atoms. The lowest BCUT2D eigenvalue weighted by Crippen LogP contribution is -2.43. The SMILES string of the molecule is Cc1nn(C)c(C)c1[C@H]1COCCN1C(=O)CCc1ccccc1. The number of aryl methyl sites for hydroxylation is 3. The van der Waals surface area contributed by atoms with Crippen LogP contribution in [0.5, 0.6) is 0 Å². The van der Waals surface area contributed by atoms with E-state index in [1.54, 1.807) is 0 Å². The van der Waals surface area contributed by atoms with Crippen molar-refractivity contribution in [3.63, 3.8) is 0 Å². The first-order valence-electron chi connectivity index (χ1n) is 8.49. The van der Waals surface area contributed by atoms with Crippen molar-refractivity contribution >= 4 is 5.91 Å². The lowest BCUT2D eigenvalue weighted by atomic mass is 10.0. The van der Waals surface area contributed by atoms with Crippen LogP contribution in [0.3, 0.4) is 0 Å². The Morgan fingerprint density at radius 1 is 1.29 bits per heavy atom. The van der Waals surface area contributed by atoms with Crippen LogP contribution in [0.15, 0.2) is 30.3 Å². The van der Waals surface area contributed by atoms with Crippen molar-refractivity contribution in [3.05, 3.63) is 52.8 Å². The Bertz CT molecular complexity index is 709. The minimum Gasteiger partial charge on any atom is -0.377 e. The van der Waals surface area contributed by atoms with E-state index in [1.807, 2.05) is 41.8 Å². The van der Waals surface area contributed by atoms with Crippen molar-refractivity contribution in [2.75, 3.05) is 19.8 Å². The number of rotatable bonds is 4. The Hall–Kier alpha value is -2.14. The highest BCUT2D eigenvalue weighted by molar-refractivity contribution is 5.77. The van der Waals surface area contributed by atoms with Crippen molar-refractivity contribution in [1.82, 2.24) is 14.7 Å². The molecule has 128 valence electrons. The molecule has 24 heavy (non-hydrogen) atoms. The van der Waals surface area contributed by atoms with Gasteiger partial charge in [0, 0.05) is 31.3 Å². The molecule has 0 N–H and O–H groups in total. The van der Waals surface area contributed by atoms with Crippen molar-refractivity contribution in [2.45, 2.75) is 32.7 Å². The number of carbonyl (C=O) groups excluding carboxylic acids is 1. The maximum absolute atomic E-state index is 12.8. The number of hydrogen-bond acceptors (Lipinski definition) is 3. The van der Waals surface area contributed by atoms with E-state index in [4.69, 9.17) is 4.74 Å². The fourth-order valence-corrected chi connectivity index (χ4v) is 3.45. The van der Waals surface area contributed by atoms with Gasteiger partial charge in [-0.15, -0.1) is 0 Å². The van der Waals surface area contributed by atoms with Crippen LogP contribution in [0.25, 0.3) is 0 Å². The molecular formula is C19H25N3O2. The first-order chi connectivity index (χ1) is 11.6. The average Bonchev–Trinajstić information content (AvgIpc) is 2.86. The molecule has 0 spiro atoms. The summed E-state index contributed by atoms with van der Waals surface area (Å²) in [6.07, 6.45) is 1.30. The van der Waals surface area contributed by atoms with Crippen LogP contribution < -0.4 is 0 Å². The smallest absolute Gasteiger partial charge is 0.223 e. The molecular weight excluding hydrogens is 302 g/mol. The minimum absolute atomic E-state index is 0.0317. The van der Waals surface area contributed by atoms with E-state index in [9.17, 15) is 4.79 Å². The van der Waals surface area contributed by atoms with Crippen molar-refractivity contribution < 1.29 is 9.53 Å². The molecule has 2 aromatic rings. The predicted octanol–water partition coefficient (Wildman–Crippen LogP) is 2.57. The lowest BCUT2D eigenvalue weighted by molar-refractivity contribution is -0.140. The monoisotopic (exact) mass is 327 g/mol. The standard InChI is InChI=1S/C19H25N3O2/c1-14-19(15(2)21(3)20-14)17-13-24-12-11-22(17)18(23)10-9-16-7-5-4-6-8-16/h4-8,17H,9-13H2,1-3H3/t17-/m1/s1. The molecule has 2 heterocycles. The summed E-state index contributed by atoms with van der Waals surface area (Å²) < 4.78 is 7.55. The molecule has 0 saturated carbocycles. The van der Waals surface area contributed by atoms with Gasteiger partial charge in [-0.05, 0) is 25.8 Å². The van der Waals surface area contributed by atoms with Crippen molar-refractivity contribution in [2.24, 2.45) is 7.05 Å². The van der Waals surface area contributed by atoms with Crippen LogP contribution in [0.1, 0.15) is 35.0 Å². The summed E-state index contributed by atoms with van der Waals surface area (Å²) >= 11 is 0. The van der Waals surface area contributed by atoms with E-state index < -0.39 is 0 Å². The minimum atomic E-state index is -0.0317. The number of amides is 1. The van der Waals surface area contributed by atoms with E-state index in [1.165, 1.54) is 5.56 Å². The summed E-state index contributed by atoms with van der Waals surface area (Å²) in [7, 11) is 1.94. The molecule has 5 heteroatoms. The van der Waals surface area contributed by atoms with Crippen LogP contribution >= 0.6 is 0 Å². The zero-order valence-corrected chi connectivity index (χ0v) is 14.7. The van der Waals surface area contributed by atoms with Crippen LogP contribution in [0.4, 0.5) is 0 Å². The molecule has 3 rings (SSSR count). The van der Waals surface area contributed by atoms with Gasteiger partial charge in [0.05, 0.1) is 24.9 Å². The third-order valence-corrected chi connectivity index (χ3v) is 4.82. The molecule has 1 aliphatic rings. The predicted molar refractivity (Wildman–Crippen MR) is 92.7 cm³/mol. The number of morpholine rings is 1. The lowest BCUT2D eigenvalue weighted by Gasteiger charge is -2.36. The van der Waals surface area contributed by atoms with Crippen molar-refractivity contribution in [1.29, 1.82) is 0 Å². The summed E-state index contributed by atoms with van der Waals surface area (Å²) in [5.74, 6) is 0.190. The molecule has 5 nitrogen and oxygen atoms in total. The van der Waals surface area contributed by atoms with Gasteiger partial charge in [-0.2, -0.15) is 5.10 Å². The largest absolute Gasteiger partial charge is 0.377 e. The number of ether oxygens (including phenoxy) is 1.